The summed E-state index contributed by atoms with van der Waals surface area (Å²) in [5, 5.41) is 16.3. The summed E-state index contributed by atoms with van der Waals surface area (Å²) in [6.07, 6.45) is 10.8. The number of rotatable bonds is 18. The Morgan fingerprint density at radius 3 is 2.68 bits per heavy atom. The van der Waals surface area contributed by atoms with Crippen LogP contribution < -0.4 is 20.1 Å². The van der Waals surface area contributed by atoms with E-state index < -0.39 is 0 Å². The summed E-state index contributed by atoms with van der Waals surface area (Å²) in [5.74, 6) is 0.713. The maximum atomic E-state index is 13.6. The molecule has 3 aromatic rings. The second-order valence-electron chi connectivity index (χ2n) is 16.4. The van der Waals surface area contributed by atoms with Gasteiger partial charge < -0.3 is 44.5 Å². The highest BCUT2D eigenvalue weighted by atomic mass is 16.5. The maximum Gasteiger partial charge on any atom is 0.262 e. The average Bonchev–Trinajstić information content (AvgIpc) is 3.27. The number of hydrogen-bond donors (Lipinski definition) is 3. The number of phenolic OH excluding ortho intramolecular Hbond substituents is 1. The summed E-state index contributed by atoms with van der Waals surface area (Å²) in [5.41, 5.74) is 3.89. The van der Waals surface area contributed by atoms with Crippen molar-refractivity contribution < 1.29 is 38.4 Å². The first kappa shape index (κ1) is 43.3. The molecule has 1 aliphatic carbocycles. The predicted octanol–water partition coefficient (Wildman–Crippen LogP) is 4.97. The molecule has 3 aliphatic heterocycles. The van der Waals surface area contributed by atoms with Crippen LogP contribution in [0.3, 0.4) is 0 Å². The van der Waals surface area contributed by atoms with Crippen molar-refractivity contribution in [3.63, 3.8) is 0 Å². The molecular weight excluding hydrogens is 765 g/mol. The first-order valence-electron chi connectivity index (χ1n) is 22.0. The molecule has 3 fully saturated rings. The van der Waals surface area contributed by atoms with Crippen molar-refractivity contribution in [1.82, 2.24) is 25.0 Å². The third-order valence-corrected chi connectivity index (χ3v) is 12.2. The lowest BCUT2D eigenvalue weighted by molar-refractivity contribution is -0.135. The van der Waals surface area contributed by atoms with E-state index in [0.717, 1.165) is 70.1 Å². The molecule has 60 heavy (non-hydrogen) atoms. The maximum absolute atomic E-state index is 13.6. The average molecular weight is 827 g/mol. The number of ether oxygens (including phenoxy) is 4. The zero-order valence-electron chi connectivity index (χ0n) is 35.1. The molecular formula is C46H62N6O8. The summed E-state index contributed by atoms with van der Waals surface area (Å²) >= 11 is 0. The number of pyridine rings is 1. The number of hydrogen-bond acceptors (Lipinski definition) is 11. The van der Waals surface area contributed by atoms with E-state index in [1.165, 1.54) is 17.5 Å². The van der Waals surface area contributed by atoms with Crippen LogP contribution in [0.15, 0.2) is 54.7 Å². The zero-order chi connectivity index (χ0) is 41.7. The van der Waals surface area contributed by atoms with Crippen molar-refractivity contribution in [2.45, 2.75) is 89.3 Å². The van der Waals surface area contributed by atoms with Crippen LogP contribution in [-0.2, 0) is 38.4 Å². The lowest BCUT2D eigenvalue weighted by atomic mass is 9.89. The largest absolute Gasteiger partial charge is 0.506 e. The fourth-order valence-corrected chi connectivity index (χ4v) is 9.01. The van der Waals surface area contributed by atoms with Gasteiger partial charge in [-0.15, -0.1) is 0 Å². The van der Waals surface area contributed by atoms with Crippen LogP contribution in [0.2, 0.25) is 0 Å². The molecule has 4 aliphatic rings. The molecule has 0 bridgehead atoms. The lowest BCUT2D eigenvalue weighted by Crippen LogP contribution is -2.57. The first-order valence-corrected chi connectivity index (χ1v) is 22.0. The number of piperidine rings is 1. The van der Waals surface area contributed by atoms with Gasteiger partial charge in [0.1, 0.15) is 17.0 Å². The van der Waals surface area contributed by atoms with Gasteiger partial charge in [-0.25, -0.2) is 4.98 Å². The summed E-state index contributed by atoms with van der Waals surface area (Å²) in [7, 11) is 0. The molecule has 7 rings (SSSR count). The number of aromatic hydroxyl groups is 1. The van der Waals surface area contributed by atoms with Gasteiger partial charge in [0, 0.05) is 51.5 Å². The van der Waals surface area contributed by atoms with Gasteiger partial charge in [-0.2, -0.15) is 0 Å². The molecule has 4 heterocycles. The van der Waals surface area contributed by atoms with Crippen LogP contribution in [0.1, 0.15) is 85.3 Å². The van der Waals surface area contributed by atoms with Gasteiger partial charge in [0.05, 0.1) is 45.0 Å². The van der Waals surface area contributed by atoms with Crippen molar-refractivity contribution in [3.05, 3.63) is 77.0 Å². The van der Waals surface area contributed by atoms with Gasteiger partial charge >= 0.3 is 0 Å². The van der Waals surface area contributed by atoms with Crippen molar-refractivity contribution >= 4 is 23.4 Å². The number of benzene rings is 2. The molecule has 2 aromatic carbocycles. The Morgan fingerprint density at radius 2 is 1.85 bits per heavy atom. The summed E-state index contributed by atoms with van der Waals surface area (Å²) < 4.78 is 23.7. The molecule has 1 spiro atoms. The minimum Gasteiger partial charge on any atom is -0.506 e. The molecule has 0 atom stereocenters. The number of fused-ring (bicyclic) bond motifs is 1. The normalized spacial score (nSPS) is 18.1. The van der Waals surface area contributed by atoms with Crippen LogP contribution in [0, 0.1) is 0 Å². The number of aromatic nitrogens is 1. The topological polar surface area (TPSA) is 155 Å². The van der Waals surface area contributed by atoms with Crippen LogP contribution >= 0.6 is 0 Å². The van der Waals surface area contributed by atoms with Crippen molar-refractivity contribution in [2.24, 2.45) is 0 Å². The highest BCUT2D eigenvalue weighted by molar-refractivity contribution is 5.97. The van der Waals surface area contributed by atoms with E-state index >= 15 is 0 Å². The molecule has 14 heteroatoms. The fraction of sp³-hybridized carbons (Fsp3) is 0.565. The number of anilines is 1. The van der Waals surface area contributed by atoms with Gasteiger partial charge in [-0.3, -0.25) is 19.3 Å². The number of likely N-dealkylation sites (tertiary alicyclic amines) is 1. The molecule has 14 nitrogen and oxygen atoms in total. The van der Waals surface area contributed by atoms with Crippen molar-refractivity contribution in [1.29, 1.82) is 0 Å². The van der Waals surface area contributed by atoms with E-state index in [4.69, 9.17) is 18.9 Å². The third-order valence-electron chi connectivity index (χ3n) is 12.2. The number of amides is 3. The molecule has 0 unspecified atom stereocenters. The van der Waals surface area contributed by atoms with E-state index in [9.17, 15) is 19.5 Å². The lowest BCUT2D eigenvalue weighted by Gasteiger charge is -2.47. The Labute approximate surface area is 353 Å². The molecule has 1 aromatic heterocycles. The zero-order valence-corrected chi connectivity index (χ0v) is 35.1. The number of morpholine rings is 1. The molecule has 3 N–H and O–H groups in total. The van der Waals surface area contributed by atoms with Gasteiger partial charge in [-0.1, -0.05) is 49.6 Å². The number of phenols is 1. The highest BCUT2D eigenvalue weighted by Crippen LogP contribution is 2.39. The SMILES string of the molecule is CCOc1ncccc1C(=O)N1CCOC2(CCN(Cc3cccc(CCOCCC(=O)N(CCNCCc4ccc(O)c5c4OCC(=O)N5)C4CCCCC4)c3)CC2)C1. The Balaban J connectivity index is 0.815. The highest BCUT2D eigenvalue weighted by Gasteiger charge is 2.41. The third kappa shape index (κ3) is 11.3. The van der Waals surface area contributed by atoms with Crippen LogP contribution in [0.4, 0.5) is 5.69 Å². The van der Waals surface area contributed by atoms with Gasteiger partial charge in [0.2, 0.25) is 11.8 Å². The second-order valence-corrected chi connectivity index (χ2v) is 16.4. The number of nitrogens with one attached hydrogen (secondary N) is 2. The summed E-state index contributed by atoms with van der Waals surface area (Å²) in [6.45, 7) is 9.52. The van der Waals surface area contributed by atoms with Crippen LogP contribution in [-0.4, -0.2) is 133 Å². The molecule has 3 amide bonds. The molecule has 1 saturated carbocycles. The summed E-state index contributed by atoms with van der Waals surface area (Å²) in [4.78, 5) is 49.5. The second kappa shape index (κ2) is 21.2. The van der Waals surface area contributed by atoms with E-state index in [2.05, 4.69) is 49.7 Å². The summed E-state index contributed by atoms with van der Waals surface area (Å²) in [6, 6.07) is 15.9. The van der Waals surface area contributed by atoms with Crippen molar-refractivity contribution in [2.75, 3.05) is 84.2 Å². The van der Waals surface area contributed by atoms with Gasteiger partial charge in [0.15, 0.2) is 12.4 Å². The standard InChI is InChI=1S/C46H62N6O8/c1-2-58-44-38(12-7-20-48-44)45(56)51-26-29-60-46(33-51)18-23-50(24-19-46)31-35-9-6-8-34(30-35)16-27-57-28-17-41(55)52(37-10-4-3-5-11-37)25-22-47-21-15-36-13-14-39(53)42-43(36)59-32-40(54)49-42/h6-9,12-14,20,30,37,47,53H,2-5,10-11,15-19,21-29,31-33H2,1H3,(H,49,54). The van der Waals surface area contributed by atoms with Gasteiger partial charge in [0.25, 0.3) is 11.8 Å². The van der Waals surface area contributed by atoms with E-state index in [1.54, 1.807) is 24.4 Å². The monoisotopic (exact) mass is 826 g/mol. The molecule has 2 saturated heterocycles. The first-order chi connectivity index (χ1) is 29.3. The van der Waals surface area contributed by atoms with Crippen LogP contribution in [0.25, 0.3) is 0 Å². The van der Waals surface area contributed by atoms with E-state index in [0.29, 0.717) is 94.9 Å². The number of carbonyl (C=O) groups is 3. The smallest absolute Gasteiger partial charge is 0.262 e. The van der Waals surface area contributed by atoms with E-state index in [1.807, 2.05) is 17.9 Å². The van der Waals surface area contributed by atoms with Crippen molar-refractivity contribution in [3.8, 4) is 17.4 Å². The quantitative estimate of drug-likeness (QED) is 0.118. The van der Waals surface area contributed by atoms with E-state index in [-0.39, 0.29) is 41.7 Å². The van der Waals surface area contributed by atoms with Gasteiger partial charge in [-0.05, 0) is 86.9 Å². The van der Waals surface area contributed by atoms with Crippen LogP contribution in [0.5, 0.6) is 17.4 Å². The Kier molecular flexibility index (Phi) is 15.3. The Hall–Kier alpha value is -4.76. The minimum atomic E-state index is -0.335. The fourth-order valence-electron chi connectivity index (χ4n) is 9.01. The molecule has 324 valence electrons. The predicted molar refractivity (Wildman–Crippen MR) is 227 cm³/mol. The Bertz CT molecular complexity index is 1910. The Morgan fingerprint density at radius 1 is 1.02 bits per heavy atom. The molecule has 0 radical (unpaired) electrons. The number of carbonyl (C=O) groups excluding carboxylic acids is 3. The number of nitrogens with zero attached hydrogens (tertiary/aromatic N) is 4. The minimum absolute atomic E-state index is 0.00661.